The summed E-state index contributed by atoms with van der Waals surface area (Å²) in [7, 11) is -9.92. The molecule has 100 heavy (non-hydrogen) atoms. The van der Waals surface area contributed by atoms with E-state index in [1.54, 1.807) is 0 Å². The van der Waals surface area contributed by atoms with Crippen LogP contribution in [0.5, 0.6) is 0 Å². The minimum Gasteiger partial charge on any atom is -0.462 e. The molecule has 5 atom stereocenters. The zero-order valence-corrected chi connectivity index (χ0v) is 67.6. The van der Waals surface area contributed by atoms with Gasteiger partial charge in [-0.15, -0.1) is 0 Å². The van der Waals surface area contributed by atoms with Gasteiger partial charge in [-0.3, -0.25) is 37.3 Å². The van der Waals surface area contributed by atoms with E-state index in [9.17, 15) is 43.2 Å². The summed E-state index contributed by atoms with van der Waals surface area (Å²) in [5, 5.41) is 10.6. The van der Waals surface area contributed by atoms with Gasteiger partial charge in [0.1, 0.15) is 19.3 Å². The Kier molecular flexibility index (Phi) is 68.7. The molecule has 0 saturated heterocycles. The highest BCUT2D eigenvalue weighted by Gasteiger charge is 2.30. The van der Waals surface area contributed by atoms with Gasteiger partial charge < -0.3 is 33.8 Å². The first-order valence-corrected chi connectivity index (χ1v) is 44.7. The van der Waals surface area contributed by atoms with E-state index < -0.39 is 97.5 Å². The molecular formula is C81H158O17P2. The van der Waals surface area contributed by atoms with E-state index >= 15 is 0 Å². The highest BCUT2D eigenvalue weighted by atomic mass is 31.2. The third-order valence-corrected chi connectivity index (χ3v) is 20.7. The van der Waals surface area contributed by atoms with Crippen LogP contribution in [0.3, 0.4) is 0 Å². The highest BCUT2D eigenvalue weighted by molar-refractivity contribution is 7.47. The average Bonchev–Trinajstić information content (AvgIpc) is 1.47. The quantitative estimate of drug-likeness (QED) is 0.0222. The molecule has 0 aromatic rings. The maximum atomic E-state index is 13.1. The molecule has 0 fully saturated rings. The number of hydrogen-bond donors (Lipinski definition) is 3. The van der Waals surface area contributed by atoms with Crippen molar-refractivity contribution in [3.05, 3.63) is 0 Å². The zero-order valence-electron chi connectivity index (χ0n) is 65.8. The van der Waals surface area contributed by atoms with Crippen molar-refractivity contribution < 1.29 is 80.2 Å². The summed E-state index contributed by atoms with van der Waals surface area (Å²) in [6, 6.07) is 0. The van der Waals surface area contributed by atoms with Gasteiger partial charge in [-0.25, -0.2) is 9.13 Å². The lowest BCUT2D eigenvalue weighted by atomic mass is 10.0. The number of carbonyl (C=O) groups excluding carboxylic acids is 4. The lowest BCUT2D eigenvalue weighted by Crippen LogP contribution is -2.30. The molecule has 0 amide bonds. The molecule has 3 N–H and O–H groups in total. The Morgan fingerprint density at radius 1 is 0.250 bits per heavy atom. The third kappa shape index (κ3) is 74.3. The van der Waals surface area contributed by atoms with Crippen LogP contribution in [0.15, 0.2) is 0 Å². The Balaban J connectivity index is 5.21. The summed E-state index contributed by atoms with van der Waals surface area (Å²) in [6.07, 6.45) is 57.2. The first-order chi connectivity index (χ1) is 48.1. The van der Waals surface area contributed by atoms with E-state index in [0.717, 1.165) is 114 Å². The van der Waals surface area contributed by atoms with Crippen molar-refractivity contribution in [1.82, 2.24) is 0 Å². The number of carbonyl (C=O) groups is 4. The van der Waals surface area contributed by atoms with E-state index in [4.69, 9.17) is 37.0 Å². The number of phosphoric ester groups is 2. The number of ether oxygens (including phenoxy) is 4. The number of rotatable bonds is 78. The molecule has 2 unspecified atom stereocenters. The summed E-state index contributed by atoms with van der Waals surface area (Å²) < 4.78 is 68.6. The fraction of sp³-hybridized carbons (Fsp3) is 0.951. The lowest BCUT2D eigenvalue weighted by Gasteiger charge is -2.21. The topological polar surface area (TPSA) is 237 Å². The van der Waals surface area contributed by atoms with Crippen LogP contribution in [0.2, 0.25) is 0 Å². The second-order valence-electron chi connectivity index (χ2n) is 31.1. The van der Waals surface area contributed by atoms with Gasteiger partial charge in [0.25, 0.3) is 0 Å². The van der Waals surface area contributed by atoms with E-state index in [1.807, 2.05) is 0 Å². The van der Waals surface area contributed by atoms with Crippen molar-refractivity contribution in [2.45, 2.75) is 433 Å². The first kappa shape index (κ1) is 98.1. The number of phosphoric acid groups is 2. The van der Waals surface area contributed by atoms with E-state index in [0.29, 0.717) is 31.6 Å². The fourth-order valence-electron chi connectivity index (χ4n) is 12.4. The van der Waals surface area contributed by atoms with Crippen molar-refractivity contribution in [3.8, 4) is 0 Å². The van der Waals surface area contributed by atoms with E-state index in [2.05, 4.69) is 55.4 Å². The predicted octanol–water partition coefficient (Wildman–Crippen LogP) is 24.0. The molecule has 0 aliphatic carbocycles. The van der Waals surface area contributed by atoms with Crippen LogP contribution in [0, 0.1) is 23.7 Å². The van der Waals surface area contributed by atoms with Gasteiger partial charge in [-0.05, 0) is 49.4 Å². The van der Waals surface area contributed by atoms with Gasteiger partial charge in [0.05, 0.1) is 26.4 Å². The summed E-state index contributed by atoms with van der Waals surface area (Å²) in [5.41, 5.74) is 0. The van der Waals surface area contributed by atoms with Crippen molar-refractivity contribution in [3.63, 3.8) is 0 Å². The minimum absolute atomic E-state index is 0.104. The number of aliphatic hydroxyl groups is 1. The Morgan fingerprint density at radius 2 is 0.420 bits per heavy atom. The van der Waals surface area contributed by atoms with Gasteiger partial charge in [-0.2, -0.15) is 0 Å². The average molecular weight is 1470 g/mol. The van der Waals surface area contributed by atoms with Crippen LogP contribution in [-0.2, 0) is 65.4 Å². The number of aliphatic hydroxyl groups excluding tert-OH is 1. The minimum atomic E-state index is -4.96. The SMILES string of the molecule is CC(C)CCCCCCCCCCCCCCCCCCCCC(=O)O[C@H](COC(=O)CCCCCCCCCCCCCCCCCC(C)C)COP(=O)(O)OC[C@@H](O)COP(=O)(O)OC[C@@H](COC(=O)CCCCCCCCC(C)C)OC(=O)CCCCCCCCCCCC(C)C. The van der Waals surface area contributed by atoms with Crippen LogP contribution < -0.4 is 0 Å². The van der Waals surface area contributed by atoms with Gasteiger partial charge >= 0.3 is 39.5 Å². The summed E-state index contributed by atoms with van der Waals surface area (Å²) in [4.78, 5) is 72.9. The molecule has 0 aromatic heterocycles. The Hall–Kier alpha value is -1.94. The normalized spacial score (nSPS) is 14.0. The largest absolute Gasteiger partial charge is 0.472 e. The van der Waals surface area contributed by atoms with Crippen LogP contribution in [0.25, 0.3) is 0 Å². The molecule has 17 nitrogen and oxygen atoms in total. The molecule has 0 aliphatic rings. The summed E-state index contributed by atoms with van der Waals surface area (Å²) in [5.74, 6) is 0.925. The Morgan fingerprint density at radius 3 is 0.620 bits per heavy atom. The van der Waals surface area contributed by atoms with Crippen molar-refractivity contribution in [2.75, 3.05) is 39.6 Å². The van der Waals surface area contributed by atoms with E-state index in [-0.39, 0.29) is 25.7 Å². The molecule has 0 spiro atoms. The Labute approximate surface area is 613 Å². The Bertz CT molecular complexity index is 1950. The molecular weight excluding hydrogens is 1310 g/mol. The molecule has 0 heterocycles. The predicted molar refractivity (Wildman–Crippen MR) is 409 cm³/mol. The van der Waals surface area contributed by atoms with Crippen molar-refractivity contribution in [1.29, 1.82) is 0 Å². The van der Waals surface area contributed by atoms with Crippen molar-refractivity contribution in [2.24, 2.45) is 23.7 Å². The molecule has 0 aliphatic heterocycles. The number of esters is 4. The zero-order chi connectivity index (χ0) is 73.8. The van der Waals surface area contributed by atoms with Gasteiger partial charge in [0.15, 0.2) is 12.2 Å². The smallest absolute Gasteiger partial charge is 0.462 e. The molecule has 594 valence electrons. The van der Waals surface area contributed by atoms with Gasteiger partial charge in [-0.1, -0.05) is 364 Å². The van der Waals surface area contributed by atoms with Gasteiger partial charge in [0.2, 0.25) is 0 Å². The van der Waals surface area contributed by atoms with Crippen LogP contribution in [0.1, 0.15) is 415 Å². The fourth-order valence-corrected chi connectivity index (χ4v) is 14.0. The molecule has 0 rings (SSSR count). The van der Waals surface area contributed by atoms with Crippen molar-refractivity contribution >= 4 is 39.5 Å². The molecule has 0 bridgehead atoms. The number of hydrogen-bond acceptors (Lipinski definition) is 15. The molecule has 19 heteroatoms. The maximum absolute atomic E-state index is 13.1. The van der Waals surface area contributed by atoms with Crippen LogP contribution >= 0.6 is 15.6 Å². The van der Waals surface area contributed by atoms with Crippen LogP contribution in [-0.4, -0.2) is 96.7 Å². The monoisotopic (exact) mass is 1470 g/mol. The van der Waals surface area contributed by atoms with Crippen LogP contribution in [0.4, 0.5) is 0 Å². The molecule has 0 radical (unpaired) electrons. The maximum Gasteiger partial charge on any atom is 0.472 e. The summed E-state index contributed by atoms with van der Waals surface area (Å²) >= 11 is 0. The standard InChI is InChI=1S/C81H158O17P2/c1-71(2)57-49-41-33-27-22-18-14-11-9-10-12-16-21-25-31-37-47-55-63-80(85)97-76(67-91-78(83)61-53-45-36-30-24-20-17-13-15-19-23-28-34-42-50-58-72(3)4)69-95-99(87,88)93-65-75(82)66-94-100(89,90)96-70-77(68-92-79(84)62-54-46-40-39-44-52-60-74(7)8)98-81(86)64-56-48-38-32-26-29-35-43-51-59-73(5)6/h71-77,82H,9-70H2,1-8H3,(H,87,88)(H,89,90)/t75-,76-,77-/m1/s1. The van der Waals surface area contributed by atoms with Gasteiger partial charge in [0, 0.05) is 25.7 Å². The first-order valence-electron chi connectivity index (χ1n) is 41.7. The third-order valence-electron chi connectivity index (χ3n) is 18.8. The molecule has 0 aromatic carbocycles. The second kappa shape index (κ2) is 70.1. The highest BCUT2D eigenvalue weighted by Crippen LogP contribution is 2.45. The second-order valence-corrected chi connectivity index (χ2v) is 34.0. The number of unbranched alkanes of at least 4 members (excludes halogenated alkanes) is 44. The summed E-state index contributed by atoms with van der Waals surface area (Å²) in [6.45, 7) is 14.2. The van der Waals surface area contributed by atoms with E-state index in [1.165, 1.54) is 212 Å². The lowest BCUT2D eigenvalue weighted by molar-refractivity contribution is -0.161. The molecule has 0 saturated carbocycles.